The predicted octanol–water partition coefficient (Wildman–Crippen LogP) is 3.73. The zero-order chi connectivity index (χ0) is 20.1. The van der Waals surface area contributed by atoms with E-state index in [2.05, 4.69) is 46.8 Å². The van der Waals surface area contributed by atoms with Crippen LogP contribution in [-0.4, -0.2) is 21.7 Å². The first-order valence-electron chi connectivity index (χ1n) is 10.4. The molecule has 2 unspecified atom stereocenters. The van der Waals surface area contributed by atoms with Crippen LogP contribution in [0.5, 0.6) is 0 Å². The molecule has 0 bridgehead atoms. The van der Waals surface area contributed by atoms with Gasteiger partial charge >= 0.3 is 0 Å². The largest absolute Gasteiger partial charge is 0.352 e. The molecule has 29 heavy (non-hydrogen) atoms. The van der Waals surface area contributed by atoms with Crippen LogP contribution in [0.2, 0.25) is 0 Å². The molecule has 1 aromatic heterocycles. The van der Waals surface area contributed by atoms with Crippen molar-refractivity contribution in [1.82, 2.24) is 15.1 Å². The zero-order valence-electron chi connectivity index (χ0n) is 16.6. The van der Waals surface area contributed by atoms with Gasteiger partial charge in [-0.3, -0.25) is 9.48 Å². The molecule has 0 spiro atoms. The van der Waals surface area contributed by atoms with Gasteiger partial charge in [-0.2, -0.15) is 5.10 Å². The second-order valence-electron chi connectivity index (χ2n) is 7.90. The van der Waals surface area contributed by atoms with Crippen LogP contribution in [-0.2, 0) is 17.9 Å². The molecule has 150 valence electrons. The lowest BCUT2D eigenvalue weighted by molar-refractivity contribution is -0.126. The topological polar surface area (TPSA) is 72.9 Å². The van der Waals surface area contributed by atoms with Crippen LogP contribution in [0.15, 0.2) is 67.0 Å². The van der Waals surface area contributed by atoms with Crippen molar-refractivity contribution < 1.29 is 4.79 Å². The standard InChI is InChI=1S/C24H28N4O/c25-22-7-3-6-20(15-22)24(29)26-16-21-5-1-2-8-23(21)19-11-9-18(10-12-19)17-28-14-4-13-27-28/h1-2,4-5,8-14,20,22H,3,6-7,15-17,25H2,(H,26,29). The molecule has 5 nitrogen and oxygen atoms in total. The van der Waals surface area contributed by atoms with E-state index in [9.17, 15) is 4.79 Å². The van der Waals surface area contributed by atoms with E-state index >= 15 is 0 Å². The van der Waals surface area contributed by atoms with E-state index in [0.717, 1.165) is 48.9 Å². The molecule has 0 radical (unpaired) electrons. The van der Waals surface area contributed by atoms with Gasteiger partial charge in [0.2, 0.25) is 5.91 Å². The zero-order valence-corrected chi connectivity index (χ0v) is 16.6. The maximum absolute atomic E-state index is 12.6. The molecule has 3 aromatic rings. The summed E-state index contributed by atoms with van der Waals surface area (Å²) in [5.74, 6) is 0.178. The van der Waals surface area contributed by atoms with Gasteiger partial charge in [-0.1, -0.05) is 55.0 Å². The first-order chi connectivity index (χ1) is 14.2. The molecule has 4 rings (SSSR count). The molecule has 1 heterocycles. The van der Waals surface area contributed by atoms with E-state index in [1.807, 2.05) is 29.1 Å². The lowest BCUT2D eigenvalue weighted by Crippen LogP contribution is -2.37. The maximum Gasteiger partial charge on any atom is 0.223 e. The Labute approximate surface area is 171 Å². The lowest BCUT2D eigenvalue weighted by atomic mass is 9.85. The van der Waals surface area contributed by atoms with Gasteiger partial charge in [0.15, 0.2) is 0 Å². The number of nitrogens with two attached hydrogens (primary N) is 1. The number of hydrogen-bond acceptors (Lipinski definition) is 3. The van der Waals surface area contributed by atoms with E-state index in [0.29, 0.717) is 6.54 Å². The van der Waals surface area contributed by atoms with Gasteiger partial charge in [0, 0.05) is 30.9 Å². The average Bonchev–Trinajstić information content (AvgIpc) is 3.26. The molecule has 2 aromatic carbocycles. The van der Waals surface area contributed by atoms with Crippen LogP contribution in [0.3, 0.4) is 0 Å². The summed E-state index contributed by atoms with van der Waals surface area (Å²) in [6.45, 7) is 1.30. The molecule has 1 aliphatic carbocycles. The Balaban J connectivity index is 1.43. The van der Waals surface area contributed by atoms with Crippen molar-refractivity contribution in [3.8, 4) is 11.1 Å². The number of aromatic nitrogens is 2. The van der Waals surface area contributed by atoms with Gasteiger partial charge < -0.3 is 11.1 Å². The second kappa shape index (κ2) is 9.05. The van der Waals surface area contributed by atoms with Crippen LogP contribution in [0.1, 0.15) is 36.8 Å². The van der Waals surface area contributed by atoms with Crippen molar-refractivity contribution in [1.29, 1.82) is 0 Å². The third-order valence-corrected chi connectivity index (χ3v) is 5.72. The molecule has 1 aliphatic rings. The Hall–Kier alpha value is -2.92. The fourth-order valence-electron chi connectivity index (χ4n) is 4.12. The maximum atomic E-state index is 12.6. The molecule has 1 saturated carbocycles. The summed E-state index contributed by atoms with van der Waals surface area (Å²) in [7, 11) is 0. The molecular weight excluding hydrogens is 360 g/mol. The SMILES string of the molecule is NC1CCCC(C(=O)NCc2ccccc2-c2ccc(Cn3cccn3)cc2)C1. The van der Waals surface area contributed by atoms with Gasteiger partial charge in [-0.15, -0.1) is 0 Å². The summed E-state index contributed by atoms with van der Waals surface area (Å²) in [6.07, 6.45) is 7.57. The van der Waals surface area contributed by atoms with Crippen molar-refractivity contribution in [2.24, 2.45) is 11.7 Å². The van der Waals surface area contributed by atoms with E-state index in [1.54, 1.807) is 6.20 Å². The van der Waals surface area contributed by atoms with Crippen molar-refractivity contribution in [2.45, 2.75) is 44.8 Å². The monoisotopic (exact) mass is 388 g/mol. The number of benzene rings is 2. The normalized spacial score (nSPS) is 19.1. The Morgan fingerprint density at radius 3 is 2.69 bits per heavy atom. The fraction of sp³-hybridized carbons (Fsp3) is 0.333. The minimum Gasteiger partial charge on any atom is -0.352 e. The minimum absolute atomic E-state index is 0.0486. The molecule has 5 heteroatoms. The number of amides is 1. The van der Waals surface area contributed by atoms with Gasteiger partial charge in [0.05, 0.1) is 6.54 Å². The van der Waals surface area contributed by atoms with Crippen LogP contribution >= 0.6 is 0 Å². The molecular formula is C24H28N4O. The Morgan fingerprint density at radius 2 is 1.93 bits per heavy atom. The Kier molecular flexibility index (Phi) is 6.06. The molecule has 1 fully saturated rings. The fourth-order valence-corrected chi connectivity index (χ4v) is 4.12. The summed E-state index contributed by atoms with van der Waals surface area (Å²) < 4.78 is 1.91. The Morgan fingerprint density at radius 1 is 1.10 bits per heavy atom. The first-order valence-corrected chi connectivity index (χ1v) is 10.4. The number of carbonyl (C=O) groups is 1. The lowest BCUT2D eigenvalue weighted by Gasteiger charge is -2.25. The highest BCUT2D eigenvalue weighted by molar-refractivity contribution is 5.79. The Bertz CT molecular complexity index is 934. The van der Waals surface area contributed by atoms with Crippen LogP contribution in [0, 0.1) is 5.92 Å². The van der Waals surface area contributed by atoms with Crippen molar-refractivity contribution in [3.63, 3.8) is 0 Å². The highest BCUT2D eigenvalue weighted by Crippen LogP contribution is 2.26. The minimum atomic E-state index is 0.0486. The number of carbonyl (C=O) groups excluding carboxylic acids is 1. The second-order valence-corrected chi connectivity index (χ2v) is 7.90. The summed E-state index contributed by atoms with van der Waals surface area (Å²) >= 11 is 0. The summed E-state index contributed by atoms with van der Waals surface area (Å²) in [4.78, 5) is 12.6. The smallest absolute Gasteiger partial charge is 0.223 e. The van der Waals surface area contributed by atoms with Gasteiger partial charge in [-0.05, 0) is 47.6 Å². The van der Waals surface area contributed by atoms with Crippen molar-refractivity contribution in [2.75, 3.05) is 0 Å². The van der Waals surface area contributed by atoms with E-state index in [1.165, 1.54) is 5.56 Å². The molecule has 2 atom stereocenters. The first kappa shape index (κ1) is 19.4. The molecule has 3 N–H and O–H groups in total. The molecule has 1 amide bonds. The van der Waals surface area contributed by atoms with Gasteiger partial charge in [0.1, 0.15) is 0 Å². The third-order valence-electron chi connectivity index (χ3n) is 5.72. The van der Waals surface area contributed by atoms with Gasteiger partial charge in [0.25, 0.3) is 0 Å². The van der Waals surface area contributed by atoms with Gasteiger partial charge in [-0.25, -0.2) is 0 Å². The third kappa shape index (κ3) is 4.93. The highest BCUT2D eigenvalue weighted by atomic mass is 16.1. The summed E-state index contributed by atoms with van der Waals surface area (Å²) in [5, 5.41) is 7.39. The molecule has 0 aliphatic heterocycles. The average molecular weight is 389 g/mol. The van der Waals surface area contributed by atoms with E-state index in [4.69, 9.17) is 5.73 Å². The van der Waals surface area contributed by atoms with E-state index in [-0.39, 0.29) is 17.9 Å². The number of nitrogens with zero attached hydrogens (tertiary/aromatic N) is 2. The van der Waals surface area contributed by atoms with Crippen LogP contribution in [0.25, 0.3) is 11.1 Å². The molecule has 0 saturated heterocycles. The van der Waals surface area contributed by atoms with Crippen molar-refractivity contribution >= 4 is 5.91 Å². The quantitative estimate of drug-likeness (QED) is 0.676. The number of nitrogens with one attached hydrogen (secondary N) is 1. The van der Waals surface area contributed by atoms with Crippen molar-refractivity contribution in [3.05, 3.63) is 78.1 Å². The highest BCUT2D eigenvalue weighted by Gasteiger charge is 2.25. The van der Waals surface area contributed by atoms with Crippen LogP contribution in [0.4, 0.5) is 0 Å². The number of rotatable bonds is 6. The number of hydrogen-bond donors (Lipinski definition) is 2. The summed E-state index contributed by atoms with van der Waals surface area (Å²) in [6, 6.07) is 18.9. The predicted molar refractivity (Wildman–Crippen MR) is 115 cm³/mol. The van der Waals surface area contributed by atoms with Crippen LogP contribution < -0.4 is 11.1 Å². The summed E-state index contributed by atoms with van der Waals surface area (Å²) in [5.41, 5.74) is 10.7. The van der Waals surface area contributed by atoms with E-state index < -0.39 is 0 Å².